The van der Waals surface area contributed by atoms with Crippen LogP contribution in [0.4, 0.5) is 0 Å². The van der Waals surface area contributed by atoms with E-state index >= 15 is 0 Å². The number of aliphatic hydroxyl groups is 1. The molecule has 1 aliphatic heterocycles. The van der Waals surface area contributed by atoms with Gasteiger partial charge in [0.25, 0.3) is 5.91 Å². The van der Waals surface area contributed by atoms with Gasteiger partial charge in [-0.3, -0.25) is 4.79 Å². The lowest BCUT2D eigenvalue weighted by Gasteiger charge is -2.35. The number of carbonyl (C=O) groups excluding carboxylic acids is 1. The van der Waals surface area contributed by atoms with Gasteiger partial charge in [-0.15, -0.1) is 0 Å². The Balaban J connectivity index is 1.75. The van der Waals surface area contributed by atoms with E-state index in [9.17, 15) is 9.90 Å². The molecular weight excluding hydrogens is 290 g/mol. The molecule has 2 heterocycles. The summed E-state index contributed by atoms with van der Waals surface area (Å²) in [5.41, 5.74) is 5.07. The zero-order valence-corrected chi connectivity index (χ0v) is 13.3. The molecule has 2 aliphatic rings. The fourth-order valence-electron chi connectivity index (χ4n) is 3.44. The van der Waals surface area contributed by atoms with Crippen molar-refractivity contribution in [3.05, 3.63) is 46.8 Å². The normalized spacial score (nSPS) is 17.7. The third kappa shape index (κ3) is 2.45. The Hall–Kier alpha value is -2.14. The Morgan fingerprint density at radius 2 is 1.87 bits per heavy atom. The predicted octanol–water partition coefficient (Wildman–Crippen LogP) is 1.88. The number of hydrogen-bond acceptors (Lipinski definition) is 3. The maximum atomic E-state index is 12.7. The summed E-state index contributed by atoms with van der Waals surface area (Å²) in [6, 6.07) is 8.25. The minimum absolute atomic E-state index is 0.0423. The number of fused-ring (bicyclic) bond motifs is 1. The molecule has 1 aliphatic carbocycles. The van der Waals surface area contributed by atoms with E-state index in [1.165, 1.54) is 11.3 Å². The van der Waals surface area contributed by atoms with Gasteiger partial charge in [0.15, 0.2) is 5.69 Å². The average Bonchev–Trinajstić information content (AvgIpc) is 2.92. The number of β-amino-alcohol motifs (C(OH)–C–C–N with tert-alkyl or cyclic N) is 1. The summed E-state index contributed by atoms with van der Waals surface area (Å²) in [4.78, 5) is 14.4. The molecule has 1 amide bonds. The number of benzene rings is 1. The SMILES string of the molecule is Cc1ccc(-n2nc(C(=O)N3CC(O)C3)c3c2CCCC3)cc1. The van der Waals surface area contributed by atoms with Crippen LogP contribution in [-0.2, 0) is 12.8 Å². The van der Waals surface area contributed by atoms with Crippen LogP contribution in [0.15, 0.2) is 24.3 Å². The second-order valence-corrected chi connectivity index (χ2v) is 6.59. The zero-order chi connectivity index (χ0) is 16.0. The number of carbonyl (C=O) groups is 1. The summed E-state index contributed by atoms with van der Waals surface area (Å²) < 4.78 is 1.94. The lowest BCUT2D eigenvalue weighted by atomic mass is 9.95. The van der Waals surface area contributed by atoms with Crippen molar-refractivity contribution in [1.82, 2.24) is 14.7 Å². The second-order valence-electron chi connectivity index (χ2n) is 6.59. The first-order valence-electron chi connectivity index (χ1n) is 8.28. The van der Waals surface area contributed by atoms with E-state index in [0.717, 1.165) is 36.9 Å². The van der Waals surface area contributed by atoms with Crippen molar-refractivity contribution >= 4 is 5.91 Å². The maximum Gasteiger partial charge on any atom is 0.274 e. The molecule has 0 unspecified atom stereocenters. The summed E-state index contributed by atoms with van der Waals surface area (Å²) in [6.45, 7) is 2.91. The highest BCUT2D eigenvalue weighted by atomic mass is 16.3. The molecule has 0 atom stereocenters. The van der Waals surface area contributed by atoms with E-state index in [2.05, 4.69) is 36.3 Å². The zero-order valence-electron chi connectivity index (χ0n) is 13.3. The predicted molar refractivity (Wildman–Crippen MR) is 86.9 cm³/mol. The first-order chi connectivity index (χ1) is 11.1. The molecule has 1 saturated heterocycles. The molecule has 1 N–H and O–H groups in total. The Kier molecular flexibility index (Phi) is 3.45. The van der Waals surface area contributed by atoms with E-state index in [1.807, 2.05) is 4.68 Å². The first kappa shape index (κ1) is 14.5. The molecule has 1 fully saturated rings. The van der Waals surface area contributed by atoms with Crippen molar-refractivity contribution in [2.75, 3.05) is 13.1 Å². The summed E-state index contributed by atoms with van der Waals surface area (Å²) in [5, 5.41) is 14.1. The largest absolute Gasteiger partial charge is 0.389 e. The highest BCUT2D eigenvalue weighted by Crippen LogP contribution is 2.28. The number of aliphatic hydroxyl groups excluding tert-OH is 1. The molecule has 0 radical (unpaired) electrons. The maximum absolute atomic E-state index is 12.7. The molecule has 120 valence electrons. The summed E-state index contributed by atoms with van der Waals surface area (Å²) >= 11 is 0. The minimum atomic E-state index is -0.381. The monoisotopic (exact) mass is 311 g/mol. The quantitative estimate of drug-likeness (QED) is 0.921. The lowest BCUT2D eigenvalue weighted by molar-refractivity contribution is 0.00539. The highest BCUT2D eigenvalue weighted by Gasteiger charge is 2.34. The molecule has 1 aromatic carbocycles. The summed E-state index contributed by atoms with van der Waals surface area (Å²) in [5.74, 6) is -0.0423. The second kappa shape index (κ2) is 5.49. The van der Waals surface area contributed by atoms with E-state index in [4.69, 9.17) is 0 Å². The Morgan fingerprint density at radius 1 is 1.17 bits per heavy atom. The van der Waals surface area contributed by atoms with Crippen LogP contribution in [0.2, 0.25) is 0 Å². The Labute approximate surface area is 135 Å². The van der Waals surface area contributed by atoms with Gasteiger partial charge in [0, 0.05) is 24.3 Å². The molecule has 0 saturated carbocycles. The molecule has 2 aromatic rings. The van der Waals surface area contributed by atoms with Gasteiger partial charge >= 0.3 is 0 Å². The van der Waals surface area contributed by atoms with Gasteiger partial charge in [-0.1, -0.05) is 17.7 Å². The molecule has 4 rings (SSSR count). The van der Waals surface area contributed by atoms with Crippen LogP contribution in [0.1, 0.15) is 40.2 Å². The summed E-state index contributed by atoms with van der Waals surface area (Å²) in [7, 11) is 0. The average molecular weight is 311 g/mol. The topological polar surface area (TPSA) is 58.4 Å². The number of amides is 1. The van der Waals surface area contributed by atoms with Crippen LogP contribution in [0.3, 0.4) is 0 Å². The molecule has 5 heteroatoms. The van der Waals surface area contributed by atoms with Crippen molar-refractivity contribution < 1.29 is 9.90 Å². The van der Waals surface area contributed by atoms with Gasteiger partial charge in [0.05, 0.1) is 11.8 Å². The van der Waals surface area contributed by atoms with Crippen molar-refractivity contribution in [3.63, 3.8) is 0 Å². The van der Waals surface area contributed by atoms with Crippen molar-refractivity contribution in [1.29, 1.82) is 0 Å². The van der Waals surface area contributed by atoms with Crippen molar-refractivity contribution in [2.24, 2.45) is 0 Å². The van der Waals surface area contributed by atoms with Crippen LogP contribution in [0.25, 0.3) is 5.69 Å². The third-order valence-electron chi connectivity index (χ3n) is 4.81. The fourth-order valence-corrected chi connectivity index (χ4v) is 3.44. The van der Waals surface area contributed by atoms with Gasteiger partial charge in [0.1, 0.15) is 0 Å². The van der Waals surface area contributed by atoms with E-state index < -0.39 is 0 Å². The Morgan fingerprint density at radius 3 is 2.57 bits per heavy atom. The third-order valence-corrected chi connectivity index (χ3v) is 4.81. The van der Waals surface area contributed by atoms with Gasteiger partial charge < -0.3 is 10.0 Å². The summed E-state index contributed by atoms with van der Waals surface area (Å²) in [6.07, 6.45) is 3.75. The number of likely N-dealkylation sites (tertiary alicyclic amines) is 1. The smallest absolute Gasteiger partial charge is 0.274 e. The number of aromatic nitrogens is 2. The van der Waals surface area contributed by atoms with Gasteiger partial charge in [-0.2, -0.15) is 5.10 Å². The van der Waals surface area contributed by atoms with Crippen LogP contribution in [-0.4, -0.2) is 44.9 Å². The van der Waals surface area contributed by atoms with Gasteiger partial charge in [-0.25, -0.2) is 4.68 Å². The van der Waals surface area contributed by atoms with Gasteiger partial charge in [-0.05, 0) is 44.7 Å². The van der Waals surface area contributed by atoms with Crippen LogP contribution in [0, 0.1) is 6.92 Å². The van der Waals surface area contributed by atoms with Crippen molar-refractivity contribution in [3.8, 4) is 5.69 Å². The van der Waals surface area contributed by atoms with E-state index in [1.54, 1.807) is 4.90 Å². The Bertz CT molecular complexity index is 742. The first-order valence-corrected chi connectivity index (χ1v) is 8.28. The van der Waals surface area contributed by atoms with Gasteiger partial charge in [0.2, 0.25) is 0 Å². The van der Waals surface area contributed by atoms with Crippen molar-refractivity contribution in [2.45, 2.75) is 38.7 Å². The standard InChI is InChI=1S/C18H21N3O2/c1-12-6-8-13(9-7-12)21-16-5-3-2-4-15(16)17(19-21)18(23)20-10-14(22)11-20/h6-9,14,22H,2-5,10-11H2,1H3. The molecule has 0 spiro atoms. The number of rotatable bonds is 2. The molecule has 1 aromatic heterocycles. The highest BCUT2D eigenvalue weighted by molar-refractivity contribution is 5.94. The number of aryl methyl sites for hydroxylation is 1. The van der Waals surface area contributed by atoms with E-state index in [-0.39, 0.29) is 12.0 Å². The van der Waals surface area contributed by atoms with Crippen LogP contribution in [0.5, 0.6) is 0 Å². The lowest BCUT2D eigenvalue weighted by Crippen LogP contribution is -2.53. The van der Waals surface area contributed by atoms with Crippen LogP contribution < -0.4 is 0 Å². The number of nitrogens with zero attached hydrogens (tertiary/aromatic N) is 3. The fraction of sp³-hybridized carbons (Fsp3) is 0.444. The van der Waals surface area contributed by atoms with E-state index in [0.29, 0.717) is 18.8 Å². The molecule has 0 bridgehead atoms. The molecule has 23 heavy (non-hydrogen) atoms. The number of hydrogen-bond donors (Lipinski definition) is 1. The molecule has 5 nitrogen and oxygen atoms in total. The minimum Gasteiger partial charge on any atom is -0.389 e. The van der Waals surface area contributed by atoms with Crippen LogP contribution >= 0.6 is 0 Å². The molecular formula is C18H21N3O2.